The molecule has 0 radical (unpaired) electrons. The Kier molecular flexibility index (Phi) is 4.47. The highest BCUT2D eigenvalue weighted by molar-refractivity contribution is 14.1. The van der Waals surface area contributed by atoms with E-state index in [1.54, 1.807) is 22.6 Å². The molecule has 98 valence electrons. The molecule has 5 heteroatoms. The minimum absolute atomic E-state index is 0.0247. The molecule has 0 bridgehead atoms. The third kappa shape index (κ3) is 3.09. The molecule has 0 amide bonds. The summed E-state index contributed by atoms with van der Waals surface area (Å²) in [7, 11) is 0. The van der Waals surface area contributed by atoms with Crippen molar-refractivity contribution < 1.29 is 18.3 Å². The number of benzene rings is 2. The first-order valence-electron chi connectivity index (χ1n) is 5.43. The first-order chi connectivity index (χ1) is 9.13. The van der Waals surface area contributed by atoms with Gasteiger partial charge in [-0.15, -0.1) is 0 Å². The van der Waals surface area contributed by atoms with Crippen molar-refractivity contribution in [2.24, 2.45) is 0 Å². The van der Waals surface area contributed by atoms with E-state index in [4.69, 9.17) is 4.74 Å². The number of halogens is 3. The number of hydrogen-bond donors (Lipinski definition) is 0. The Balaban J connectivity index is 2.25. The molecule has 0 N–H and O–H groups in total. The Morgan fingerprint density at radius 1 is 1.16 bits per heavy atom. The molecule has 2 aromatic carbocycles. The van der Waals surface area contributed by atoms with Crippen molar-refractivity contribution >= 4 is 28.9 Å². The van der Waals surface area contributed by atoms with Crippen LogP contribution in [0.1, 0.15) is 15.9 Å². The van der Waals surface area contributed by atoms with E-state index in [0.717, 1.165) is 5.56 Å². The molecule has 0 heterocycles. The maximum atomic E-state index is 13.5. The van der Waals surface area contributed by atoms with Gasteiger partial charge < -0.3 is 4.74 Å². The van der Waals surface area contributed by atoms with E-state index in [0.29, 0.717) is 0 Å². The Hall–Kier alpha value is -1.50. The summed E-state index contributed by atoms with van der Waals surface area (Å²) in [6.07, 6.45) is 0.268. The second kappa shape index (κ2) is 6.10. The van der Waals surface area contributed by atoms with Crippen LogP contribution < -0.4 is 4.74 Å². The number of carbonyl (C=O) groups excluding carboxylic acids is 1. The standard InChI is InChI=1S/C14H9F2IO2/c15-12-10(7-18)6-11(14(17)13(12)16)19-8-9-4-2-1-3-5-9/h1-7H,8H2. The number of ether oxygens (including phenoxy) is 1. The van der Waals surface area contributed by atoms with Crippen molar-refractivity contribution in [2.75, 3.05) is 0 Å². The summed E-state index contributed by atoms with van der Waals surface area (Å²) in [5.41, 5.74) is 0.552. The summed E-state index contributed by atoms with van der Waals surface area (Å²) >= 11 is 1.65. The molecule has 0 aliphatic heterocycles. The zero-order valence-corrected chi connectivity index (χ0v) is 11.9. The lowest BCUT2D eigenvalue weighted by molar-refractivity contribution is 0.111. The molecule has 0 unspecified atom stereocenters. The predicted octanol–water partition coefficient (Wildman–Crippen LogP) is 3.96. The SMILES string of the molecule is O=Cc1cc(OCc2ccccc2)c(I)c(F)c1F. The van der Waals surface area contributed by atoms with Crippen LogP contribution in [0.4, 0.5) is 8.78 Å². The first-order valence-corrected chi connectivity index (χ1v) is 6.50. The minimum Gasteiger partial charge on any atom is -0.488 e. The quantitative estimate of drug-likeness (QED) is 0.460. The van der Waals surface area contributed by atoms with E-state index in [1.165, 1.54) is 6.07 Å². The molecule has 0 aliphatic rings. The van der Waals surface area contributed by atoms with Gasteiger partial charge in [0, 0.05) is 0 Å². The molecule has 2 aromatic rings. The van der Waals surface area contributed by atoms with Gasteiger partial charge in [0.2, 0.25) is 0 Å². The van der Waals surface area contributed by atoms with Gasteiger partial charge in [0.15, 0.2) is 17.9 Å². The molecule has 0 aliphatic carbocycles. The lowest BCUT2D eigenvalue weighted by Crippen LogP contribution is -2.02. The summed E-state index contributed by atoms with van der Waals surface area (Å²) < 4.78 is 32.3. The molecule has 2 nitrogen and oxygen atoms in total. The molecule has 19 heavy (non-hydrogen) atoms. The number of rotatable bonds is 4. The molecule has 2 rings (SSSR count). The Labute approximate surface area is 122 Å². The van der Waals surface area contributed by atoms with Gasteiger partial charge in [-0.3, -0.25) is 4.79 Å². The van der Waals surface area contributed by atoms with Crippen molar-refractivity contribution in [1.29, 1.82) is 0 Å². The van der Waals surface area contributed by atoms with Crippen LogP contribution in [0.5, 0.6) is 5.75 Å². The molecule has 0 saturated carbocycles. The first kappa shape index (κ1) is 13.9. The van der Waals surface area contributed by atoms with Gasteiger partial charge in [-0.05, 0) is 34.2 Å². The molecule has 0 spiro atoms. The third-order valence-corrected chi connectivity index (χ3v) is 3.51. The maximum absolute atomic E-state index is 13.5. The van der Waals surface area contributed by atoms with Crippen LogP contribution in [-0.2, 0) is 6.61 Å². The van der Waals surface area contributed by atoms with Gasteiger partial charge >= 0.3 is 0 Å². The van der Waals surface area contributed by atoms with Crippen LogP contribution in [0.2, 0.25) is 0 Å². The van der Waals surface area contributed by atoms with E-state index >= 15 is 0 Å². The zero-order valence-electron chi connectivity index (χ0n) is 9.70. The summed E-state index contributed by atoms with van der Waals surface area (Å²) in [6, 6.07) is 10.5. The molecule has 0 atom stereocenters. The zero-order chi connectivity index (χ0) is 13.8. The van der Waals surface area contributed by atoms with E-state index in [1.807, 2.05) is 30.3 Å². The minimum atomic E-state index is -1.15. The molecular formula is C14H9F2IO2. The van der Waals surface area contributed by atoms with Gasteiger partial charge in [0.1, 0.15) is 12.4 Å². The van der Waals surface area contributed by atoms with Crippen molar-refractivity contribution in [3.8, 4) is 5.75 Å². The lowest BCUT2D eigenvalue weighted by atomic mass is 10.2. The topological polar surface area (TPSA) is 26.3 Å². The van der Waals surface area contributed by atoms with Crippen molar-refractivity contribution in [1.82, 2.24) is 0 Å². The smallest absolute Gasteiger partial charge is 0.176 e. The fraction of sp³-hybridized carbons (Fsp3) is 0.0714. The molecule has 0 fully saturated rings. The van der Waals surface area contributed by atoms with E-state index in [-0.39, 0.29) is 27.8 Å². The number of aldehydes is 1. The fourth-order valence-electron chi connectivity index (χ4n) is 1.53. The Morgan fingerprint density at radius 2 is 1.84 bits per heavy atom. The second-order valence-corrected chi connectivity index (χ2v) is 4.88. The van der Waals surface area contributed by atoms with Crippen LogP contribution in [0.25, 0.3) is 0 Å². The van der Waals surface area contributed by atoms with Gasteiger partial charge in [-0.1, -0.05) is 30.3 Å². The monoisotopic (exact) mass is 374 g/mol. The van der Waals surface area contributed by atoms with E-state index in [9.17, 15) is 13.6 Å². The number of carbonyl (C=O) groups is 1. The highest BCUT2D eigenvalue weighted by atomic mass is 127. The highest BCUT2D eigenvalue weighted by Crippen LogP contribution is 2.28. The summed E-state index contributed by atoms with van der Waals surface area (Å²) in [5.74, 6) is -2.05. The summed E-state index contributed by atoms with van der Waals surface area (Å²) in [5, 5.41) is 0. The fourth-order valence-corrected chi connectivity index (χ4v) is 2.07. The molecule has 0 saturated heterocycles. The molecular weight excluding hydrogens is 365 g/mol. The van der Waals surface area contributed by atoms with Crippen LogP contribution in [0.15, 0.2) is 36.4 Å². The van der Waals surface area contributed by atoms with E-state index < -0.39 is 11.6 Å². The van der Waals surface area contributed by atoms with Crippen LogP contribution in [0.3, 0.4) is 0 Å². The second-order valence-electron chi connectivity index (χ2n) is 3.80. The largest absolute Gasteiger partial charge is 0.488 e. The van der Waals surface area contributed by atoms with Crippen molar-refractivity contribution in [3.63, 3.8) is 0 Å². The maximum Gasteiger partial charge on any atom is 0.176 e. The van der Waals surface area contributed by atoms with Crippen molar-refractivity contribution in [3.05, 3.63) is 62.7 Å². The normalized spacial score (nSPS) is 10.3. The van der Waals surface area contributed by atoms with Gasteiger partial charge in [-0.2, -0.15) is 0 Å². The van der Waals surface area contributed by atoms with Crippen molar-refractivity contribution in [2.45, 2.75) is 6.61 Å². The third-order valence-electron chi connectivity index (χ3n) is 2.51. The number of hydrogen-bond acceptors (Lipinski definition) is 2. The van der Waals surface area contributed by atoms with Crippen LogP contribution in [0, 0.1) is 15.2 Å². The predicted molar refractivity (Wildman–Crippen MR) is 75.2 cm³/mol. The summed E-state index contributed by atoms with van der Waals surface area (Å²) in [4.78, 5) is 10.7. The Morgan fingerprint density at radius 3 is 2.47 bits per heavy atom. The lowest BCUT2D eigenvalue weighted by Gasteiger charge is -2.10. The van der Waals surface area contributed by atoms with E-state index in [2.05, 4.69) is 0 Å². The highest BCUT2D eigenvalue weighted by Gasteiger charge is 2.17. The van der Waals surface area contributed by atoms with Gasteiger partial charge in [-0.25, -0.2) is 8.78 Å². The average molecular weight is 374 g/mol. The average Bonchev–Trinajstić information content (AvgIpc) is 2.45. The van der Waals surface area contributed by atoms with Crippen LogP contribution in [-0.4, -0.2) is 6.29 Å². The summed E-state index contributed by atoms with van der Waals surface area (Å²) in [6.45, 7) is 0.222. The van der Waals surface area contributed by atoms with Gasteiger partial charge in [0.25, 0.3) is 0 Å². The molecule has 0 aromatic heterocycles. The Bertz CT molecular complexity index is 600. The van der Waals surface area contributed by atoms with Crippen LogP contribution >= 0.6 is 22.6 Å². The van der Waals surface area contributed by atoms with Gasteiger partial charge in [0.05, 0.1) is 9.13 Å².